The highest BCUT2D eigenvalue weighted by molar-refractivity contribution is 7.81. The number of halogens is 3. The average molecular weight is 543 g/mol. The van der Waals surface area contributed by atoms with E-state index in [0.29, 0.717) is 13.2 Å². The predicted octanol–water partition coefficient (Wildman–Crippen LogP) is 4.48. The first-order valence-corrected chi connectivity index (χ1v) is 13.2. The number of thiol groups is 1. The second kappa shape index (κ2) is 11.5. The Morgan fingerprint density at radius 3 is 2.51 bits per heavy atom. The summed E-state index contributed by atoms with van der Waals surface area (Å²) < 4.78 is 57.8. The number of alkyl halides is 3. The summed E-state index contributed by atoms with van der Waals surface area (Å²) in [4.78, 5) is 20.3. The van der Waals surface area contributed by atoms with Crippen LogP contribution in [0.1, 0.15) is 70.1 Å². The van der Waals surface area contributed by atoms with Crippen molar-refractivity contribution >= 4 is 24.2 Å². The van der Waals surface area contributed by atoms with E-state index in [9.17, 15) is 18.0 Å². The van der Waals surface area contributed by atoms with Gasteiger partial charge in [0.15, 0.2) is 12.0 Å². The molecular formula is C25H33F3N4O4S. The summed E-state index contributed by atoms with van der Waals surface area (Å²) in [5.74, 6) is -0.368. The summed E-state index contributed by atoms with van der Waals surface area (Å²) >= 11 is 4.67. The lowest BCUT2D eigenvalue weighted by molar-refractivity contribution is -0.172. The number of amides is 1. The third-order valence-electron chi connectivity index (χ3n) is 7.35. The maximum atomic E-state index is 13.5. The molecule has 37 heavy (non-hydrogen) atoms. The fraction of sp³-hybridized carbons (Fsp3) is 0.720. The van der Waals surface area contributed by atoms with Crippen LogP contribution < -0.4 is 4.90 Å². The maximum Gasteiger partial charge on any atom is 0.419 e. The Morgan fingerprint density at radius 1 is 1.19 bits per heavy atom. The van der Waals surface area contributed by atoms with Crippen molar-refractivity contribution in [1.29, 1.82) is 5.26 Å². The molecule has 0 bridgehead atoms. The Morgan fingerprint density at radius 2 is 1.89 bits per heavy atom. The van der Waals surface area contributed by atoms with E-state index in [2.05, 4.69) is 17.6 Å². The molecule has 0 aromatic carbocycles. The molecule has 2 unspecified atom stereocenters. The summed E-state index contributed by atoms with van der Waals surface area (Å²) in [5.41, 5.74) is -3.70. The van der Waals surface area contributed by atoms with Crippen LogP contribution in [-0.4, -0.2) is 65.1 Å². The fourth-order valence-corrected chi connectivity index (χ4v) is 6.15. The lowest BCUT2D eigenvalue weighted by Crippen LogP contribution is -2.52. The Kier molecular flexibility index (Phi) is 8.70. The predicted molar refractivity (Wildman–Crippen MR) is 132 cm³/mol. The molecule has 2 saturated heterocycles. The molecule has 3 aliphatic rings. The summed E-state index contributed by atoms with van der Waals surface area (Å²) in [6.45, 7) is 5.21. The van der Waals surface area contributed by atoms with Gasteiger partial charge in [0, 0.05) is 12.6 Å². The molecule has 3 fully saturated rings. The van der Waals surface area contributed by atoms with Crippen LogP contribution in [0.4, 0.5) is 18.9 Å². The van der Waals surface area contributed by atoms with Crippen LogP contribution in [0.15, 0.2) is 12.3 Å². The van der Waals surface area contributed by atoms with Crippen LogP contribution in [0, 0.1) is 11.3 Å². The normalized spacial score (nSPS) is 28.9. The van der Waals surface area contributed by atoms with Crippen molar-refractivity contribution in [2.45, 2.75) is 94.4 Å². The van der Waals surface area contributed by atoms with Gasteiger partial charge in [-0.3, -0.25) is 14.6 Å². The molecule has 1 aliphatic carbocycles. The van der Waals surface area contributed by atoms with Gasteiger partial charge in [-0.2, -0.15) is 18.4 Å². The largest absolute Gasteiger partial charge is 0.419 e. The molecule has 12 heteroatoms. The van der Waals surface area contributed by atoms with Crippen molar-refractivity contribution in [3.05, 3.63) is 23.5 Å². The summed E-state index contributed by atoms with van der Waals surface area (Å²) in [6, 6.07) is 2.28. The molecule has 3 heterocycles. The molecule has 1 aromatic heterocycles. The molecule has 2 aliphatic heterocycles. The number of rotatable bonds is 7. The number of hydrogen-bond donors (Lipinski definition) is 1. The van der Waals surface area contributed by atoms with Crippen LogP contribution >= 0.6 is 12.6 Å². The molecule has 2 atom stereocenters. The lowest BCUT2D eigenvalue weighted by atomic mass is 9.89. The minimum atomic E-state index is -4.77. The zero-order chi connectivity index (χ0) is 26.8. The van der Waals surface area contributed by atoms with Gasteiger partial charge in [0.05, 0.1) is 42.3 Å². The van der Waals surface area contributed by atoms with Crippen molar-refractivity contribution in [2.75, 3.05) is 24.7 Å². The summed E-state index contributed by atoms with van der Waals surface area (Å²) in [6.07, 6.45) is 2.50. The molecular weight excluding hydrogens is 509 g/mol. The zero-order valence-electron chi connectivity index (χ0n) is 21.0. The average Bonchev–Trinajstić information content (AvgIpc) is 3.05. The Hall–Kier alpha value is -1.91. The Labute approximate surface area is 220 Å². The van der Waals surface area contributed by atoms with Gasteiger partial charge < -0.3 is 14.2 Å². The lowest BCUT2D eigenvalue weighted by Gasteiger charge is -2.41. The van der Waals surface area contributed by atoms with Crippen molar-refractivity contribution in [2.24, 2.45) is 0 Å². The second-order valence-corrected chi connectivity index (χ2v) is 10.6. The molecule has 1 amide bonds. The molecule has 1 saturated carbocycles. The van der Waals surface area contributed by atoms with Crippen molar-refractivity contribution in [3.63, 3.8) is 0 Å². The van der Waals surface area contributed by atoms with Crippen LogP contribution in [0.3, 0.4) is 0 Å². The van der Waals surface area contributed by atoms with Crippen molar-refractivity contribution in [3.8, 4) is 6.07 Å². The summed E-state index contributed by atoms with van der Waals surface area (Å²) in [5, 5.41) is 9.05. The highest BCUT2D eigenvalue weighted by atomic mass is 32.1. The third-order valence-corrected chi connectivity index (χ3v) is 7.83. The van der Waals surface area contributed by atoms with E-state index in [0.717, 1.165) is 63.8 Å². The van der Waals surface area contributed by atoms with Gasteiger partial charge in [0.2, 0.25) is 5.91 Å². The number of nitriles is 1. The van der Waals surface area contributed by atoms with Crippen LogP contribution in [0.5, 0.6) is 0 Å². The number of carbonyl (C=O) groups excluding carboxylic acids is 1. The number of aromatic nitrogens is 1. The van der Waals surface area contributed by atoms with Gasteiger partial charge in [0.1, 0.15) is 11.6 Å². The molecule has 0 spiro atoms. The number of ether oxygens (including phenoxy) is 3. The van der Waals surface area contributed by atoms with E-state index < -0.39 is 28.5 Å². The quantitative estimate of drug-likeness (QED) is 0.402. The van der Waals surface area contributed by atoms with E-state index in [1.807, 2.05) is 4.90 Å². The highest BCUT2D eigenvalue weighted by Gasteiger charge is 2.54. The standard InChI is InChI=1S/C25H33F3N4O4S/c1-24(2)22(33)31(17-13-19(25(26,27)28)20(14-29)30-15-17)23(37)32(24)16-6-8-18(9-7-16)34-11-12-36-21-5-3-4-10-35-21/h13,15-16,18,21,23,37H,3-12H2,1-2H3. The van der Waals surface area contributed by atoms with Crippen LogP contribution in [-0.2, 0) is 25.2 Å². The van der Waals surface area contributed by atoms with Gasteiger partial charge in [-0.1, -0.05) is 0 Å². The van der Waals surface area contributed by atoms with E-state index >= 15 is 0 Å². The molecule has 8 nitrogen and oxygen atoms in total. The minimum Gasteiger partial charge on any atom is -0.376 e. The van der Waals surface area contributed by atoms with E-state index in [1.54, 1.807) is 13.8 Å². The molecule has 4 rings (SSSR count). The van der Waals surface area contributed by atoms with E-state index in [4.69, 9.17) is 19.5 Å². The molecule has 1 aromatic rings. The zero-order valence-corrected chi connectivity index (χ0v) is 21.9. The second-order valence-electron chi connectivity index (χ2n) is 10.2. The molecule has 0 N–H and O–H groups in total. The van der Waals surface area contributed by atoms with Gasteiger partial charge in [0.25, 0.3) is 0 Å². The third kappa shape index (κ3) is 6.06. The fourth-order valence-electron chi connectivity index (χ4n) is 5.44. The molecule has 0 radical (unpaired) electrons. The molecule has 204 valence electrons. The number of pyridine rings is 1. The Balaban J connectivity index is 1.37. The van der Waals surface area contributed by atoms with Crippen molar-refractivity contribution < 1.29 is 32.2 Å². The number of nitrogens with zero attached hydrogens (tertiary/aromatic N) is 4. The first-order chi connectivity index (χ1) is 17.5. The highest BCUT2D eigenvalue weighted by Crippen LogP contribution is 2.42. The first-order valence-electron chi connectivity index (χ1n) is 12.7. The maximum absolute atomic E-state index is 13.5. The Bertz CT molecular complexity index is 1000. The summed E-state index contributed by atoms with van der Waals surface area (Å²) in [7, 11) is 0. The minimum absolute atomic E-state index is 0.00613. The van der Waals surface area contributed by atoms with Gasteiger partial charge >= 0.3 is 6.18 Å². The van der Waals surface area contributed by atoms with Crippen LogP contribution in [0.25, 0.3) is 0 Å². The van der Waals surface area contributed by atoms with Gasteiger partial charge in [-0.25, -0.2) is 4.98 Å². The first kappa shape index (κ1) is 28.1. The van der Waals surface area contributed by atoms with E-state index in [1.165, 1.54) is 11.0 Å². The van der Waals surface area contributed by atoms with Crippen LogP contribution in [0.2, 0.25) is 0 Å². The van der Waals surface area contributed by atoms with Crippen molar-refractivity contribution in [1.82, 2.24) is 9.88 Å². The SMILES string of the molecule is CC1(C)C(=O)N(c2cnc(C#N)c(C(F)(F)F)c2)C(S)N1C1CCC(OCCOC2CCCCO2)CC1. The monoisotopic (exact) mass is 542 g/mol. The number of carbonyl (C=O) groups is 1. The van der Waals surface area contributed by atoms with Gasteiger partial charge in [-0.05, 0) is 64.9 Å². The van der Waals surface area contributed by atoms with Gasteiger partial charge in [-0.15, -0.1) is 12.6 Å². The smallest absolute Gasteiger partial charge is 0.376 e. The number of anilines is 1. The topological polar surface area (TPSA) is 87.9 Å². The number of hydrogen-bond acceptors (Lipinski definition) is 8. The van der Waals surface area contributed by atoms with E-state index in [-0.39, 0.29) is 30.0 Å².